The molecule has 0 spiro atoms. The number of ether oxygens (including phenoxy) is 1. The average Bonchev–Trinajstić information content (AvgIpc) is 2.48. The van der Waals surface area contributed by atoms with Gasteiger partial charge in [0.05, 0.1) is 18.0 Å². The first-order valence-electron chi connectivity index (χ1n) is 4.10. The molecule has 1 aromatic rings. The van der Waals surface area contributed by atoms with Crippen LogP contribution in [0.4, 0.5) is 4.79 Å². The van der Waals surface area contributed by atoms with E-state index in [1.54, 1.807) is 20.8 Å². The minimum atomic E-state index is -0.584. The van der Waals surface area contributed by atoms with E-state index in [0.717, 1.165) is 4.68 Å². The molecule has 0 amide bonds. The third-order valence-corrected chi connectivity index (χ3v) is 1.29. The van der Waals surface area contributed by atoms with Gasteiger partial charge in [0.15, 0.2) is 0 Å². The van der Waals surface area contributed by atoms with Gasteiger partial charge in [0, 0.05) is 0 Å². The molecule has 0 fully saturated rings. The zero-order valence-corrected chi connectivity index (χ0v) is 8.31. The maximum atomic E-state index is 11.4. The topological polar surface area (TPSA) is 67.9 Å². The van der Waals surface area contributed by atoms with Crippen molar-refractivity contribution in [1.82, 2.24) is 9.78 Å². The Kier molecular flexibility index (Phi) is 2.56. The molecule has 0 saturated carbocycles. The summed E-state index contributed by atoms with van der Waals surface area (Å²) in [5.41, 5.74) is -0.230. The highest BCUT2D eigenvalue weighted by Crippen LogP contribution is 2.08. The molecule has 0 saturated heterocycles. The molecule has 0 N–H and O–H groups in total. The maximum absolute atomic E-state index is 11.4. The third kappa shape index (κ3) is 2.59. The molecule has 0 aliphatic carbocycles. The van der Waals surface area contributed by atoms with E-state index in [9.17, 15) is 4.79 Å². The predicted octanol–water partition coefficient (Wildman–Crippen LogP) is 1.54. The largest absolute Gasteiger partial charge is 0.442 e. The Bertz CT molecular complexity index is 381. The molecule has 74 valence electrons. The van der Waals surface area contributed by atoms with Crippen molar-refractivity contribution in [1.29, 1.82) is 5.26 Å². The Hall–Kier alpha value is -1.83. The van der Waals surface area contributed by atoms with Crippen LogP contribution in [0.25, 0.3) is 0 Å². The van der Waals surface area contributed by atoms with Crippen molar-refractivity contribution in [2.75, 3.05) is 0 Å². The smallest absolute Gasteiger partial charge is 0.435 e. The summed E-state index contributed by atoms with van der Waals surface area (Å²) in [6.07, 6.45) is 2.05. The van der Waals surface area contributed by atoms with E-state index in [4.69, 9.17) is 10.00 Å². The average molecular weight is 193 g/mol. The number of nitrogens with zero attached hydrogens (tertiary/aromatic N) is 3. The van der Waals surface area contributed by atoms with Gasteiger partial charge in [0.2, 0.25) is 0 Å². The van der Waals surface area contributed by atoms with Crippen molar-refractivity contribution in [2.24, 2.45) is 0 Å². The standard InChI is InChI=1S/C9H11N3O2/c1-9(2,3)14-8(13)12-6-7(4-10)5-11-12/h5-6H,1-3H3. The van der Waals surface area contributed by atoms with Crippen LogP contribution in [0.1, 0.15) is 26.3 Å². The summed E-state index contributed by atoms with van der Waals surface area (Å²) in [5, 5.41) is 12.2. The molecule has 0 aliphatic heterocycles. The molecule has 0 radical (unpaired) electrons. The first-order chi connectivity index (χ1) is 6.42. The van der Waals surface area contributed by atoms with Crippen molar-refractivity contribution >= 4 is 6.09 Å². The monoisotopic (exact) mass is 193 g/mol. The van der Waals surface area contributed by atoms with Gasteiger partial charge in [-0.15, -0.1) is 0 Å². The van der Waals surface area contributed by atoms with Gasteiger partial charge >= 0.3 is 6.09 Å². The first-order valence-corrected chi connectivity index (χ1v) is 4.10. The summed E-state index contributed by atoms with van der Waals surface area (Å²) < 4.78 is 6.04. The van der Waals surface area contributed by atoms with Gasteiger partial charge in [-0.2, -0.15) is 15.0 Å². The first kappa shape index (κ1) is 10.3. The van der Waals surface area contributed by atoms with Gasteiger partial charge in [-0.05, 0) is 20.8 Å². The highest BCUT2D eigenvalue weighted by Gasteiger charge is 2.18. The lowest BCUT2D eigenvalue weighted by atomic mass is 10.2. The fourth-order valence-electron chi connectivity index (χ4n) is 0.789. The highest BCUT2D eigenvalue weighted by atomic mass is 16.6. The van der Waals surface area contributed by atoms with E-state index >= 15 is 0 Å². The molecule has 1 aromatic heterocycles. The number of carbonyl (C=O) groups excluding carboxylic acids is 1. The van der Waals surface area contributed by atoms with Gasteiger partial charge in [-0.3, -0.25) is 0 Å². The number of nitriles is 1. The predicted molar refractivity (Wildman–Crippen MR) is 48.6 cm³/mol. The Labute approximate surface area is 81.9 Å². The lowest BCUT2D eigenvalue weighted by Crippen LogP contribution is -2.27. The van der Waals surface area contributed by atoms with Gasteiger partial charge in [-0.1, -0.05) is 0 Å². The number of aromatic nitrogens is 2. The summed E-state index contributed by atoms with van der Waals surface area (Å²) in [6.45, 7) is 5.29. The third-order valence-electron chi connectivity index (χ3n) is 1.29. The lowest BCUT2D eigenvalue weighted by Gasteiger charge is -2.18. The van der Waals surface area contributed by atoms with E-state index in [2.05, 4.69) is 5.10 Å². The van der Waals surface area contributed by atoms with Crippen LogP contribution < -0.4 is 0 Å². The fourth-order valence-corrected chi connectivity index (χ4v) is 0.789. The second-order valence-electron chi connectivity index (χ2n) is 3.77. The summed E-state index contributed by atoms with van der Waals surface area (Å²) in [5.74, 6) is 0. The van der Waals surface area contributed by atoms with Crippen molar-refractivity contribution in [3.63, 3.8) is 0 Å². The van der Waals surface area contributed by atoms with Crippen LogP contribution >= 0.6 is 0 Å². The molecule has 1 rings (SSSR count). The van der Waals surface area contributed by atoms with E-state index in [-0.39, 0.29) is 0 Å². The van der Waals surface area contributed by atoms with Crippen LogP contribution in [0.5, 0.6) is 0 Å². The molecular formula is C9H11N3O2. The number of hydrogen-bond donors (Lipinski definition) is 0. The number of hydrogen-bond acceptors (Lipinski definition) is 4. The number of rotatable bonds is 0. The minimum absolute atomic E-state index is 0.329. The van der Waals surface area contributed by atoms with Crippen LogP contribution in [-0.4, -0.2) is 21.5 Å². The van der Waals surface area contributed by atoms with Gasteiger partial charge < -0.3 is 4.74 Å². The Morgan fingerprint density at radius 3 is 2.71 bits per heavy atom. The molecule has 0 bridgehead atoms. The minimum Gasteiger partial charge on any atom is -0.442 e. The quantitative estimate of drug-likeness (QED) is 0.626. The Morgan fingerprint density at radius 1 is 1.64 bits per heavy atom. The van der Waals surface area contributed by atoms with Gasteiger partial charge in [0.25, 0.3) is 0 Å². The SMILES string of the molecule is CC(C)(C)OC(=O)n1cc(C#N)cn1. The maximum Gasteiger partial charge on any atom is 0.435 e. The molecule has 0 aliphatic rings. The van der Waals surface area contributed by atoms with E-state index in [0.29, 0.717) is 5.56 Å². The van der Waals surface area contributed by atoms with Crippen LogP contribution in [-0.2, 0) is 4.74 Å². The molecule has 5 heteroatoms. The summed E-state index contributed by atoms with van der Waals surface area (Å²) >= 11 is 0. The summed E-state index contributed by atoms with van der Waals surface area (Å²) in [4.78, 5) is 11.4. The highest BCUT2D eigenvalue weighted by molar-refractivity contribution is 5.70. The van der Waals surface area contributed by atoms with Crippen molar-refractivity contribution < 1.29 is 9.53 Å². The van der Waals surface area contributed by atoms with Crippen molar-refractivity contribution in [3.8, 4) is 6.07 Å². The Balaban J connectivity index is 2.76. The second-order valence-corrected chi connectivity index (χ2v) is 3.77. The fraction of sp³-hybridized carbons (Fsp3) is 0.444. The second kappa shape index (κ2) is 3.50. The molecular weight excluding hydrogens is 182 g/mol. The van der Waals surface area contributed by atoms with Crippen molar-refractivity contribution in [2.45, 2.75) is 26.4 Å². The molecule has 0 aromatic carbocycles. The van der Waals surface area contributed by atoms with E-state index < -0.39 is 11.7 Å². The van der Waals surface area contributed by atoms with Gasteiger partial charge in [-0.25, -0.2) is 4.79 Å². The normalized spacial score (nSPS) is 10.7. The zero-order valence-electron chi connectivity index (χ0n) is 8.31. The molecule has 0 atom stereocenters. The van der Waals surface area contributed by atoms with Gasteiger partial charge in [0.1, 0.15) is 11.7 Å². The molecule has 5 nitrogen and oxygen atoms in total. The molecule has 14 heavy (non-hydrogen) atoms. The van der Waals surface area contributed by atoms with E-state index in [1.807, 2.05) is 6.07 Å². The van der Waals surface area contributed by atoms with Crippen LogP contribution in [0.3, 0.4) is 0 Å². The van der Waals surface area contributed by atoms with Crippen LogP contribution in [0.2, 0.25) is 0 Å². The van der Waals surface area contributed by atoms with Crippen molar-refractivity contribution in [3.05, 3.63) is 18.0 Å². The molecule has 1 heterocycles. The Morgan fingerprint density at radius 2 is 2.29 bits per heavy atom. The zero-order chi connectivity index (χ0) is 10.8. The molecule has 0 unspecified atom stereocenters. The van der Waals surface area contributed by atoms with Crippen LogP contribution in [0, 0.1) is 11.3 Å². The lowest BCUT2D eigenvalue weighted by molar-refractivity contribution is 0.0514. The number of carbonyl (C=O) groups is 1. The summed E-state index contributed by atoms with van der Waals surface area (Å²) in [7, 11) is 0. The van der Waals surface area contributed by atoms with Crippen LogP contribution in [0.15, 0.2) is 12.4 Å². The van der Waals surface area contributed by atoms with E-state index in [1.165, 1.54) is 12.4 Å². The summed E-state index contributed by atoms with van der Waals surface area (Å²) in [6, 6.07) is 1.87.